The number of pyridine rings is 1. The van der Waals surface area contributed by atoms with Gasteiger partial charge in [0.25, 0.3) is 11.5 Å². The number of nitrogens with two attached hydrogens (primary N) is 1. The van der Waals surface area contributed by atoms with Gasteiger partial charge in [0.05, 0.1) is 5.82 Å². The molecule has 9 nitrogen and oxygen atoms in total. The monoisotopic (exact) mass is 604 g/mol. The van der Waals surface area contributed by atoms with Crippen molar-refractivity contribution in [1.29, 1.82) is 0 Å². The number of aliphatic hydroxyl groups excluding tert-OH is 1. The van der Waals surface area contributed by atoms with E-state index < -0.39 is 0 Å². The van der Waals surface area contributed by atoms with Crippen LogP contribution in [0.15, 0.2) is 34.9 Å². The Bertz CT molecular complexity index is 1440. The number of H-pyrrole nitrogens is 1. The van der Waals surface area contributed by atoms with Gasteiger partial charge in [-0.15, -0.1) is 0 Å². The number of carbonyl (C=O) groups is 1. The average molecular weight is 605 g/mol. The predicted molar refractivity (Wildman–Crippen MR) is 180 cm³/mol. The minimum Gasteiger partial charge on any atom is -0.396 e. The molecule has 1 fully saturated rings. The van der Waals surface area contributed by atoms with Crippen LogP contribution in [0.1, 0.15) is 90.3 Å². The van der Waals surface area contributed by atoms with Gasteiger partial charge in [-0.2, -0.15) is 0 Å². The van der Waals surface area contributed by atoms with E-state index >= 15 is 0 Å². The fourth-order valence-electron chi connectivity index (χ4n) is 6.71. The van der Waals surface area contributed by atoms with Gasteiger partial charge in [0.2, 0.25) is 0 Å². The summed E-state index contributed by atoms with van der Waals surface area (Å²) in [5.41, 5.74) is 14.6. The van der Waals surface area contributed by atoms with Gasteiger partial charge in [-0.3, -0.25) is 9.59 Å². The van der Waals surface area contributed by atoms with Crippen LogP contribution in [0.25, 0.3) is 5.57 Å². The van der Waals surface area contributed by atoms with Gasteiger partial charge in [-0.05, 0) is 112 Å². The van der Waals surface area contributed by atoms with Crippen molar-refractivity contribution in [3.05, 3.63) is 79.5 Å². The van der Waals surface area contributed by atoms with Crippen molar-refractivity contribution in [2.24, 2.45) is 5.73 Å². The van der Waals surface area contributed by atoms with Crippen molar-refractivity contribution >= 4 is 17.2 Å². The molecule has 1 unspecified atom stereocenters. The highest BCUT2D eigenvalue weighted by atomic mass is 16.3. The van der Waals surface area contributed by atoms with E-state index in [1.165, 1.54) is 5.56 Å². The van der Waals surface area contributed by atoms with Crippen LogP contribution in [-0.4, -0.2) is 66.3 Å². The Kier molecular flexibility index (Phi) is 11.7. The summed E-state index contributed by atoms with van der Waals surface area (Å²) in [7, 11) is 0. The van der Waals surface area contributed by atoms with E-state index in [2.05, 4.69) is 45.3 Å². The number of piperazine rings is 1. The third-order valence-electron chi connectivity index (χ3n) is 9.38. The van der Waals surface area contributed by atoms with Crippen LogP contribution in [0.2, 0.25) is 0 Å². The van der Waals surface area contributed by atoms with Crippen LogP contribution in [0.5, 0.6) is 0 Å². The highest BCUT2D eigenvalue weighted by Crippen LogP contribution is 2.32. The van der Waals surface area contributed by atoms with Gasteiger partial charge >= 0.3 is 0 Å². The molecule has 1 aliphatic heterocycles. The van der Waals surface area contributed by atoms with Crippen LogP contribution in [0.4, 0.5) is 5.69 Å². The van der Waals surface area contributed by atoms with Crippen molar-refractivity contribution in [3.63, 3.8) is 0 Å². The van der Waals surface area contributed by atoms with E-state index in [4.69, 9.17) is 5.73 Å². The SMILES string of the molecule is CCC(CCO)N(CC)c1cc(/C(C)=C/C=C(\N)N2CCNCC2)cc(C(=O)NCc2c3c(c(C)[nH]c2=O)CCCC3)c1C. The Morgan fingerprint density at radius 1 is 1.14 bits per heavy atom. The first-order valence-electron chi connectivity index (χ1n) is 16.3. The summed E-state index contributed by atoms with van der Waals surface area (Å²) in [6.07, 6.45) is 9.49. The number of hydrogen-bond donors (Lipinski definition) is 5. The van der Waals surface area contributed by atoms with Gasteiger partial charge in [0, 0.05) is 74.4 Å². The van der Waals surface area contributed by atoms with Gasteiger partial charge in [0.1, 0.15) is 0 Å². The number of aromatic amines is 1. The summed E-state index contributed by atoms with van der Waals surface area (Å²) < 4.78 is 0. The standard InChI is InChI=1S/C35H52N6O3/c1-6-27(14-19-42)41(7-2)32-21-26(23(3)12-13-33(36)40-17-15-37-16-18-40)20-30(24(32)4)34(43)38-22-31-29-11-9-8-10-28(29)25(5)39-35(31)44/h12-13,20-21,27,37,42H,6-11,14-19,22,36H2,1-5H3,(H,38,43)(H,39,44)/b23-12+,33-13+. The fourth-order valence-corrected chi connectivity index (χ4v) is 6.71. The predicted octanol–water partition coefficient (Wildman–Crippen LogP) is 3.90. The second kappa shape index (κ2) is 15.4. The van der Waals surface area contributed by atoms with E-state index in [0.717, 1.165) is 104 Å². The van der Waals surface area contributed by atoms with E-state index in [-0.39, 0.29) is 30.7 Å². The third kappa shape index (κ3) is 7.56. The lowest BCUT2D eigenvalue weighted by atomic mass is 9.88. The summed E-state index contributed by atoms with van der Waals surface area (Å²) in [6.45, 7) is 14.8. The molecule has 0 bridgehead atoms. The molecule has 2 heterocycles. The Morgan fingerprint density at radius 2 is 1.84 bits per heavy atom. The zero-order valence-corrected chi connectivity index (χ0v) is 27.3. The highest BCUT2D eigenvalue weighted by Gasteiger charge is 2.24. The molecular formula is C35H52N6O3. The first kappa shape index (κ1) is 33.3. The zero-order chi connectivity index (χ0) is 31.8. The van der Waals surface area contributed by atoms with Crippen molar-refractivity contribution in [2.75, 3.05) is 44.2 Å². The van der Waals surface area contributed by atoms with E-state index in [1.807, 2.05) is 39.0 Å². The van der Waals surface area contributed by atoms with Crippen LogP contribution in [0.3, 0.4) is 0 Å². The molecule has 2 aliphatic rings. The number of fused-ring (bicyclic) bond motifs is 1. The van der Waals surface area contributed by atoms with Crippen LogP contribution in [-0.2, 0) is 19.4 Å². The zero-order valence-electron chi connectivity index (χ0n) is 27.3. The molecular weight excluding hydrogens is 552 g/mol. The molecule has 9 heteroatoms. The van der Waals surface area contributed by atoms with Gasteiger partial charge in [-0.1, -0.05) is 13.0 Å². The van der Waals surface area contributed by atoms with E-state index in [0.29, 0.717) is 17.5 Å². The van der Waals surface area contributed by atoms with Crippen molar-refractivity contribution in [3.8, 4) is 0 Å². The molecule has 1 atom stereocenters. The van der Waals surface area contributed by atoms with Gasteiger partial charge in [0.15, 0.2) is 0 Å². The molecule has 1 amide bonds. The topological polar surface area (TPSA) is 127 Å². The number of nitrogens with zero attached hydrogens (tertiary/aromatic N) is 2. The summed E-state index contributed by atoms with van der Waals surface area (Å²) in [5, 5.41) is 16.2. The molecule has 240 valence electrons. The van der Waals surface area contributed by atoms with Crippen molar-refractivity contribution in [1.82, 2.24) is 20.5 Å². The lowest BCUT2D eigenvalue weighted by molar-refractivity contribution is 0.0950. The average Bonchev–Trinajstić information content (AvgIpc) is 3.04. The maximum absolute atomic E-state index is 13.9. The minimum absolute atomic E-state index is 0.103. The number of rotatable bonds is 12. The number of nitrogens with one attached hydrogen (secondary N) is 3. The Hall–Kier alpha value is -3.56. The molecule has 1 aliphatic carbocycles. The number of aliphatic hydroxyl groups is 1. The number of carbonyl (C=O) groups excluding carboxylic acids is 1. The smallest absolute Gasteiger partial charge is 0.253 e. The molecule has 1 aromatic heterocycles. The van der Waals surface area contributed by atoms with E-state index in [9.17, 15) is 14.7 Å². The Balaban J connectivity index is 1.71. The fraction of sp³-hybridized carbons (Fsp3) is 0.543. The summed E-state index contributed by atoms with van der Waals surface area (Å²) in [4.78, 5) is 34.4. The lowest BCUT2D eigenvalue weighted by Crippen LogP contribution is -2.44. The maximum atomic E-state index is 13.9. The number of hydrogen-bond acceptors (Lipinski definition) is 7. The number of allylic oxidation sites excluding steroid dienone is 3. The minimum atomic E-state index is -0.204. The quantitative estimate of drug-likeness (QED) is 0.233. The third-order valence-corrected chi connectivity index (χ3v) is 9.38. The second-order valence-electron chi connectivity index (χ2n) is 12.1. The number of aromatic nitrogens is 1. The first-order chi connectivity index (χ1) is 21.2. The van der Waals surface area contributed by atoms with Crippen LogP contribution < -0.4 is 26.8 Å². The molecule has 0 saturated carbocycles. The van der Waals surface area contributed by atoms with Crippen molar-refractivity contribution in [2.45, 2.75) is 85.7 Å². The first-order valence-corrected chi connectivity index (χ1v) is 16.3. The van der Waals surface area contributed by atoms with Crippen LogP contribution in [0, 0.1) is 13.8 Å². The molecule has 4 rings (SSSR count). The molecule has 44 heavy (non-hydrogen) atoms. The van der Waals surface area contributed by atoms with Gasteiger partial charge < -0.3 is 36.3 Å². The largest absolute Gasteiger partial charge is 0.396 e. The molecule has 2 aromatic rings. The van der Waals surface area contributed by atoms with Crippen LogP contribution >= 0.6 is 0 Å². The number of benzene rings is 1. The molecule has 0 spiro atoms. The summed E-state index contributed by atoms with van der Waals surface area (Å²) >= 11 is 0. The number of anilines is 1. The Labute approximate surface area is 262 Å². The number of aryl methyl sites for hydroxylation is 1. The number of amides is 1. The molecule has 1 aromatic carbocycles. The summed E-state index contributed by atoms with van der Waals surface area (Å²) in [5.74, 6) is 0.525. The van der Waals surface area contributed by atoms with Crippen molar-refractivity contribution < 1.29 is 9.90 Å². The van der Waals surface area contributed by atoms with E-state index in [1.54, 1.807) is 0 Å². The normalized spacial score (nSPS) is 16.5. The molecule has 0 radical (unpaired) electrons. The highest BCUT2D eigenvalue weighted by molar-refractivity contribution is 5.98. The second-order valence-corrected chi connectivity index (χ2v) is 12.1. The molecule has 1 saturated heterocycles. The molecule has 6 N–H and O–H groups in total. The summed E-state index contributed by atoms with van der Waals surface area (Å²) in [6, 6.07) is 4.24. The Morgan fingerprint density at radius 3 is 2.50 bits per heavy atom. The lowest BCUT2D eigenvalue weighted by Gasteiger charge is -2.34. The maximum Gasteiger partial charge on any atom is 0.253 e. The van der Waals surface area contributed by atoms with Gasteiger partial charge in [-0.25, -0.2) is 0 Å².